The third kappa shape index (κ3) is 5.52. The molecule has 2 rings (SSSR count). The van der Waals surface area contributed by atoms with Crippen LogP contribution in [0.4, 0.5) is 10.5 Å². The maximum Gasteiger partial charge on any atom is 0.409 e. The van der Waals surface area contributed by atoms with Crippen LogP contribution in [0.5, 0.6) is 11.5 Å². The van der Waals surface area contributed by atoms with E-state index < -0.39 is 17.2 Å². The van der Waals surface area contributed by atoms with Gasteiger partial charge in [0.15, 0.2) is 11.5 Å². The summed E-state index contributed by atoms with van der Waals surface area (Å²) in [4.78, 5) is 37.4. The molecule has 1 aliphatic rings. The molecule has 1 aromatic carbocycles. The molecule has 2 unspecified atom stereocenters. The molecule has 0 saturated carbocycles. The Labute approximate surface area is 175 Å². The largest absolute Gasteiger partial charge is 0.493 e. The van der Waals surface area contributed by atoms with Crippen LogP contribution in [-0.2, 0) is 16.1 Å². The Kier molecular flexibility index (Phi) is 8.25. The molecular weight excluding hydrogens is 394 g/mol. The first-order valence-electron chi connectivity index (χ1n) is 9.96. The second-order valence-electron chi connectivity index (χ2n) is 7.13. The molecular formula is C20H29N3O7. The van der Waals surface area contributed by atoms with Crippen LogP contribution in [0.2, 0.25) is 0 Å². The zero-order valence-corrected chi connectivity index (χ0v) is 17.8. The van der Waals surface area contributed by atoms with Crippen LogP contribution >= 0.6 is 0 Å². The number of alkyl carbamates (subject to hydrolysis) is 1. The molecule has 10 nitrogen and oxygen atoms in total. The van der Waals surface area contributed by atoms with Crippen LogP contribution in [0.3, 0.4) is 0 Å². The molecule has 166 valence electrons. The Morgan fingerprint density at radius 2 is 1.97 bits per heavy atom. The number of nitro groups is 1. The van der Waals surface area contributed by atoms with E-state index in [-0.39, 0.29) is 41.3 Å². The molecule has 0 bridgehead atoms. The number of hydrogen-bond acceptors (Lipinski definition) is 7. The number of rotatable bonds is 8. The number of benzene rings is 1. The van der Waals surface area contributed by atoms with E-state index in [0.29, 0.717) is 12.8 Å². The van der Waals surface area contributed by atoms with Crippen molar-refractivity contribution in [1.29, 1.82) is 0 Å². The van der Waals surface area contributed by atoms with E-state index in [1.54, 1.807) is 4.90 Å². The fourth-order valence-corrected chi connectivity index (χ4v) is 3.60. The van der Waals surface area contributed by atoms with Crippen molar-refractivity contribution in [3.8, 4) is 11.5 Å². The highest BCUT2D eigenvalue weighted by atomic mass is 16.6. The normalized spacial score (nSPS) is 17.7. The lowest BCUT2D eigenvalue weighted by Gasteiger charge is -2.35. The Morgan fingerprint density at radius 1 is 1.30 bits per heavy atom. The number of methoxy groups -OCH3 is 2. The molecule has 0 spiro atoms. The van der Waals surface area contributed by atoms with Gasteiger partial charge in [0.2, 0.25) is 5.91 Å². The predicted octanol–water partition coefficient (Wildman–Crippen LogP) is 3.37. The molecule has 30 heavy (non-hydrogen) atoms. The van der Waals surface area contributed by atoms with Crippen LogP contribution in [0.1, 0.15) is 51.5 Å². The van der Waals surface area contributed by atoms with Gasteiger partial charge in [-0.25, -0.2) is 4.79 Å². The third-order valence-electron chi connectivity index (χ3n) is 5.17. The highest BCUT2D eigenvalue weighted by molar-refractivity contribution is 5.78. The molecule has 1 saturated heterocycles. The maximum atomic E-state index is 12.5. The van der Waals surface area contributed by atoms with E-state index in [9.17, 15) is 19.7 Å². The second kappa shape index (κ2) is 10.7. The summed E-state index contributed by atoms with van der Waals surface area (Å²) >= 11 is 0. The van der Waals surface area contributed by atoms with E-state index in [1.165, 1.54) is 26.4 Å². The molecule has 1 fully saturated rings. The Morgan fingerprint density at radius 3 is 2.57 bits per heavy atom. The zero-order valence-electron chi connectivity index (χ0n) is 17.8. The Hall–Kier alpha value is -3.04. The van der Waals surface area contributed by atoms with Crippen molar-refractivity contribution in [2.45, 2.75) is 64.8 Å². The van der Waals surface area contributed by atoms with Crippen molar-refractivity contribution in [2.24, 2.45) is 0 Å². The summed E-state index contributed by atoms with van der Waals surface area (Å²) in [5, 5.41) is 14.1. The van der Waals surface area contributed by atoms with Gasteiger partial charge >= 0.3 is 6.09 Å². The van der Waals surface area contributed by atoms with Crippen molar-refractivity contribution in [1.82, 2.24) is 10.2 Å². The average Bonchev–Trinajstić information content (AvgIpc) is 2.89. The Balaban J connectivity index is 2.11. The molecule has 0 radical (unpaired) electrons. The molecule has 2 amide bonds. The first-order chi connectivity index (χ1) is 14.3. The average molecular weight is 423 g/mol. The molecule has 0 aliphatic carbocycles. The molecule has 2 atom stereocenters. The van der Waals surface area contributed by atoms with E-state index in [4.69, 9.17) is 14.2 Å². The SMILES string of the molecule is CCC(NC(=O)OCc1cc(OC)c(OC)cc1[N+](=O)[O-])N1C(=O)CCCCC1C. The van der Waals surface area contributed by atoms with Gasteiger partial charge in [-0.15, -0.1) is 0 Å². The smallest absolute Gasteiger partial charge is 0.409 e. The molecule has 1 aromatic rings. The van der Waals surface area contributed by atoms with Gasteiger partial charge in [0.05, 0.1) is 30.8 Å². The number of carbonyl (C=O) groups excluding carboxylic acids is 2. The van der Waals surface area contributed by atoms with E-state index in [2.05, 4.69) is 5.32 Å². The molecule has 0 aromatic heterocycles. The van der Waals surface area contributed by atoms with Crippen molar-refractivity contribution < 1.29 is 28.7 Å². The molecule has 1 heterocycles. The fraction of sp³-hybridized carbons (Fsp3) is 0.600. The van der Waals surface area contributed by atoms with Crippen molar-refractivity contribution in [2.75, 3.05) is 14.2 Å². The number of amides is 2. The number of likely N-dealkylation sites (tertiary alicyclic amines) is 1. The van der Waals surface area contributed by atoms with E-state index in [1.807, 2.05) is 13.8 Å². The first-order valence-corrected chi connectivity index (χ1v) is 9.96. The summed E-state index contributed by atoms with van der Waals surface area (Å²) in [5.41, 5.74) is -0.0797. The lowest BCUT2D eigenvalue weighted by Crippen LogP contribution is -2.53. The quantitative estimate of drug-likeness (QED) is 0.503. The molecule has 1 aliphatic heterocycles. The summed E-state index contributed by atoms with van der Waals surface area (Å²) in [7, 11) is 2.79. The van der Waals surface area contributed by atoms with Crippen molar-refractivity contribution in [3.05, 3.63) is 27.8 Å². The number of nitrogens with one attached hydrogen (secondary N) is 1. The van der Waals surface area contributed by atoms with Gasteiger partial charge in [-0.2, -0.15) is 0 Å². The van der Waals surface area contributed by atoms with Crippen molar-refractivity contribution >= 4 is 17.7 Å². The highest BCUT2D eigenvalue weighted by Gasteiger charge is 2.30. The summed E-state index contributed by atoms with van der Waals surface area (Å²) in [5.74, 6) is 0.498. The summed E-state index contributed by atoms with van der Waals surface area (Å²) in [6.07, 6.45) is 2.39. The number of carbonyl (C=O) groups is 2. The summed E-state index contributed by atoms with van der Waals surface area (Å²) in [6, 6.07) is 2.64. The first kappa shape index (κ1) is 23.2. The monoisotopic (exact) mass is 423 g/mol. The number of nitro benzene ring substituents is 1. The van der Waals surface area contributed by atoms with Crippen molar-refractivity contribution in [3.63, 3.8) is 0 Å². The molecule has 1 N–H and O–H groups in total. The summed E-state index contributed by atoms with van der Waals surface area (Å²) < 4.78 is 15.5. The van der Waals surface area contributed by atoms with E-state index >= 15 is 0 Å². The summed E-state index contributed by atoms with van der Waals surface area (Å²) in [6.45, 7) is 3.50. The van der Waals surface area contributed by atoms with Gasteiger partial charge in [0.25, 0.3) is 5.69 Å². The second-order valence-corrected chi connectivity index (χ2v) is 7.13. The van der Waals surface area contributed by atoms with Crippen LogP contribution in [0.25, 0.3) is 0 Å². The zero-order chi connectivity index (χ0) is 22.3. The van der Waals surface area contributed by atoms with Gasteiger partial charge in [-0.05, 0) is 32.3 Å². The van der Waals surface area contributed by atoms with Gasteiger partial charge in [-0.3, -0.25) is 14.9 Å². The highest BCUT2D eigenvalue weighted by Crippen LogP contribution is 2.34. The van der Waals surface area contributed by atoms with Gasteiger partial charge in [0, 0.05) is 12.5 Å². The van der Waals surface area contributed by atoms with Crippen LogP contribution in [-0.4, -0.2) is 48.3 Å². The predicted molar refractivity (Wildman–Crippen MR) is 108 cm³/mol. The maximum absolute atomic E-state index is 12.5. The lowest BCUT2D eigenvalue weighted by molar-refractivity contribution is -0.385. The van der Waals surface area contributed by atoms with Gasteiger partial charge < -0.3 is 24.4 Å². The topological polar surface area (TPSA) is 120 Å². The minimum absolute atomic E-state index is 0.00248. The lowest BCUT2D eigenvalue weighted by atomic mass is 10.1. The number of hydrogen-bond donors (Lipinski definition) is 1. The van der Waals surface area contributed by atoms with Gasteiger partial charge in [0.1, 0.15) is 12.8 Å². The minimum atomic E-state index is -0.754. The standard InChI is InChI=1S/C20H29N3O7/c1-5-18(22-13(2)8-6-7-9-19(22)24)21-20(25)30-12-14-10-16(28-3)17(29-4)11-15(14)23(26)27/h10-11,13,18H,5-9,12H2,1-4H3,(H,21,25). The van der Waals surface area contributed by atoms with Crippen LogP contribution in [0.15, 0.2) is 12.1 Å². The fourth-order valence-electron chi connectivity index (χ4n) is 3.60. The minimum Gasteiger partial charge on any atom is -0.493 e. The number of nitrogens with zero attached hydrogens (tertiary/aromatic N) is 2. The van der Waals surface area contributed by atoms with E-state index in [0.717, 1.165) is 19.3 Å². The van der Waals surface area contributed by atoms with Crippen LogP contribution < -0.4 is 14.8 Å². The third-order valence-corrected chi connectivity index (χ3v) is 5.17. The van der Waals surface area contributed by atoms with Crippen LogP contribution in [0, 0.1) is 10.1 Å². The Bertz CT molecular complexity index is 784. The number of ether oxygens (including phenoxy) is 3. The van der Waals surface area contributed by atoms with Gasteiger partial charge in [-0.1, -0.05) is 13.3 Å². The molecule has 10 heteroatoms.